The largest absolute Gasteiger partial charge is 0.296 e. The van der Waals surface area contributed by atoms with Gasteiger partial charge in [-0.25, -0.2) is 9.97 Å². The van der Waals surface area contributed by atoms with Crippen LogP contribution in [0.25, 0.3) is 11.2 Å². The van der Waals surface area contributed by atoms with E-state index in [0.29, 0.717) is 12.4 Å². The molecule has 0 aliphatic heterocycles. The number of anilines is 1. The summed E-state index contributed by atoms with van der Waals surface area (Å²) in [7, 11) is 0. The van der Waals surface area contributed by atoms with E-state index in [9.17, 15) is 4.79 Å². The molecule has 0 bridgehead atoms. The van der Waals surface area contributed by atoms with Crippen LogP contribution in [0.15, 0.2) is 12.1 Å². The number of rotatable bonds is 3. The quantitative estimate of drug-likeness (QED) is 0.931. The third kappa shape index (κ3) is 3.09. The van der Waals surface area contributed by atoms with Crippen molar-refractivity contribution in [2.45, 2.75) is 65.8 Å². The lowest BCUT2D eigenvalue weighted by atomic mass is 9.78. The van der Waals surface area contributed by atoms with Gasteiger partial charge in [-0.1, -0.05) is 20.8 Å². The highest BCUT2D eigenvalue weighted by molar-refractivity contribution is 5.91. The second-order valence-corrected chi connectivity index (χ2v) is 8.20. The van der Waals surface area contributed by atoms with E-state index >= 15 is 0 Å². The Bertz CT molecular complexity index is 750. The Labute approximate surface area is 137 Å². The minimum Gasteiger partial charge on any atom is -0.296 e. The van der Waals surface area contributed by atoms with Crippen molar-refractivity contribution in [1.29, 1.82) is 0 Å². The fourth-order valence-electron chi connectivity index (χ4n) is 3.21. The number of carbonyl (C=O) groups is 1. The number of hydrogen-bond acceptors (Lipinski definition) is 3. The molecular weight excluding hydrogens is 288 g/mol. The second-order valence-electron chi connectivity index (χ2n) is 8.20. The molecule has 1 saturated carbocycles. The molecule has 1 amide bonds. The monoisotopic (exact) mass is 314 g/mol. The second kappa shape index (κ2) is 5.32. The molecule has 3 rings (SSSR count). The van der Waals surface area contributed by atoms with Crippen molar-refractivity contribution in [2.24, 2.45) is 5.41 Å². The first-order chi connectivity index (χ1) is 10.7. The Morgan fingerprint density at radius 2 is 2.00 bits per heavy atom. The molecule has 0 aromatic carbocycles. The lowest BCUT2D eigenvalue weighted by Gasteiger charge is -2.40. The number of pyridine rings is 1. The molecule has 124 valence electrons. The Kier molecular flexibility index (Phi) is 3.69. The first-order valence-electron chi connectivity index (χ1n) is 8.34. The standard InChI is InChI=1S/C18H26N4O/c1-12-7-8-13-15(19-12)22(18(5)9-6-10-18)16(20-13)21-14(23)11-17(2,3)4/h7-8H,6,9-11H2,1-5H3,(H,20,21,23). The number of nitrogens with zero attached hydrogens (tertiary/aromatic N) is 3. The van der Waals surface area contributed by atoms with Gasteiger partial charge in [-0.05, 0) is 50.7 Å². The van der Waals surface area contributed by atoms with E-state index in [1.165, 1.54) is 6.42 Å². The van der Waals surface area contributed by atoms with Gasteiger partial charge in [-0.15, -0.1) is 0 Å². The lowest BCUT2D eigenvalue weighted by Crippen LogP contribution is -2.38. The van der Waals surface area contributed by atoms with Crippen LogP contribution in [0.1, 0.15) is 59.1 Å². The van der Waals surface area contributed by atoms with E-state index < -0.39 is 0 Å². The van der Waals surface area contributed by atoms with Crippen LogP contribution in [0.2, 0.25) is 0 Å². The maximum absolute atomic E-state index is 12.4. The average molecular weight is 314 g/mol. The van der Waals surface area contributed by atoms with Gasteiger partial charge in [0.1, 0.15) is 5.52 Å². The van der Waals surface area contributed by atoms with E-state index in [2.05, 4.69) is 47.5 Å². The summed E-state index contributed by atoms with van der Waals surface area (Å²) in [5.74, 6) is 0.642. The summed E-state index contributed by atoms with van der Waals surface area (Å²) in [5.41, 5.74) is 2.64. The van der Waals surface area contributed by atoms with Crippen molar-refractivity contribution in [2.75, 3.05) is 5.32 Å². The van der Waals surface area contributed by atoms with Crippen LogP contribution in [-0.2, 0) is 10.3 Å². The number of amides is 1. The van der Waals surface area contributed by atoms with E-state index in [1.807, 2.05) is 19.1 Å². The molecule has 1 fully saturated rings. The predicted octanol–water partition coefficient (Wildman–Crippen LogP) is 4.01. The highest BCUT2D eigenvalue weighted by Crippen LogP contribution is 2.42. The molecule has 2 heterocycles. The summed E-state index contributed by atoms with van der Waals surface area (Å²) < 4.78 is 2.14. The van der Waals surface area contributed by atoms with Crippen molar-refractivity contribution in [3.63, 3.8) is 0 Å². The van der Waals surface area contributed by atoms with Gasteiger partial charge < -0.3 is 0 Å². The fourth-order valence-corrected chi connectivity index (χ4v) is 3.21. The number of carbonyl (C=O) groups excluding carboxylic acids is 1. The normalized spacial score (nSPS) is 17.1. The number of nitrogens with one attached hydrogen (secondary N) is 1. The molecule has 0 saturated heterocycles. The van der Waals surface area contributed by atoms with Gasteiger partial charge in [0.15, 0.2) is 5.65 Å². The van der Waals surface area contributed by atoms with Crippen molar-refractivity contribution in [3.8, 4) is 0 Å². The predicted molar refractivity (Wildman–Crippen MR) is 92.5 cm³/mol. The van der Waals surface area contributed by atoms with E-state index in [-0.39, 0.29) is 16.9 Å². The third-order valence-corrected chi connectivity index (χ3v) is 4.56. The van der Waals surface area contributed by atoms with Crippen molar-refractivity contribution < 1.29 is 4.79 Å². The first-order valence-corrected chi connectivity index (χ1v) is 8.34. The Hall–Kier alpha value is -1.91. The van der Waals surface area contributed by atoms with Crippen LogP contribution in [-0.4, -0.2) is 20.4 Å². The molecular formula is C18H26N4O. The van der Waals surface area contributed by atoms with Crippen molar-refractivity contribution in [3.05, 3.63) is 17.8 Å². The number of fused-ring (bicyclic) bond motifs is 1. The highest BCUT2D eigenvalue weighted by atomic mass is 16.1. The molecule has 2 aromatic rings. The van der Waals surface area contributed by atoms with Crippen molar-refractivity contribution >= 4 is 23.0 Å². The summed E-state index contributed by atoms with van der Waals surface area (Å²) in [6.45, 7) is 10.4. The van der Waals surface area contributed by atoms with E-state index in [4.69, 9.17) is 0 Å². The molecule has 5 heteroatoms. The summed E-state index contributed by atoms with van der Waals surface area (Å²) in [6.07, 6.45) is 3.86. The molecule has 0 spiro atoms. The lowest BCUT2D eigenvalue weighted by molar-refractivity contribution is -0.117. The Morgan fingerprint density at radius 3 is 2.57 bits per heavy atom. The third-order valence-electron chi connectivity index (χ3n) is 4.56. The smallest absolute Gasteiger partial charge is 0.227 e. The van der Waals surface area contributed by atoms with Gasteiger partial charge in [0.05, 0.1) is 0 Å². The molecule has 23 heavy (non-hydrogen) atoms. The molecule has 5 nitrogen and oxygen atoms in total. The van der Waals surface area contributed by atoms with Gasteiger partial charge in [0, 0.05) is 17.7 Å². The minimum atomic E-state index is -0.0455. The van der Waals surface area contributed by atoms with Crippen LogP contribution < -0.4 is 5.32 Å². The summed E-state index contributed by atoms with van der Waals surface area (Å²) >= 11 is 0. The van der Waals surface area contributed by atoms with Crippen LogP contribution in [0, 0.1) is 12.3 Å². The van der Waals surface area contributed by atoms with Crippen LogP contribution in [0.4, 0.5) is 5.95 Å². The Balaban J connectivity index is 2.02. The number of imidazole rings is 1. The molecule has 1 N–H and O–H groups in total. The minimum absolute atomic E-state index is 0.000110. The van der Waals surface area contributed by atoms with Gasteiger partial charge in [-0.2, -0.15) is 0 Å². The molecule has 2 aromatic heterocycles. The zero-order valence-electron chi connectivity index (χ0n) is 14.7. The molecule has 1 aliphatic carbocycles. The van der Waals surface area contributed by atoms with Crippen molar-refractivity contribution in [1.82, 2.24) is 14.5 Å². The Morgan fingerprint density at radius 1 is 1.30 bits per heavy atom. The molecule has 0 atom stereocenters. The zero-order chi connectivity index (χ0) is 16.8. The van der Waals surface area contributed by atoms with Crippen LogP contribution >= 0.6 is 0 Å². The summed E-state index contributed by atoms with van der Waals surface area (Å²) in [5, 5.41) is 3.02. The first kappa shape index (κ1) is 16.0. The van der Waals surface area contributed by atoms with E-state index in [1.54, 1.807) is 0 Å². The van der Waals surface area contributed by atoms with Gasteiger partial charge in [0.25, 0.3) is 0 Å². The SMILES string of the molecule is Cc1ccc2nc(NC(=O)CC(C)(C)C)n(C3(C)CCC3)c2n1. The highest BCUT2D eigenvalue weighted by Gasteiger charge is 2.37. The van der Waals surface area contributed by atoms with Crippen LogP contribution in [0.3, 0.4) is 0 Å². The van der Waals surface area contributed by atoms with Gasteiger partial charge in [0.2, 0.25) is 11.9 Å². The number of aromatic nitrogens is 3. The van der Waals surface area contributed by atoms with Gasteiger partial charge in [-0.3, -0.25) is 14.7 Å². The summed E-state index contributed by atoms with van der Waals surface area (Å²) in [6, 6.07) is 3.94. The van der Waals surface area contributed by atoms with Gasteiger partial charge >= 0.3 is 0 Å². The average Bonchev–Trinajstić information content (AvgIpc) is 2.71. The topological polar surface area (TPSA) is 59.8 Å². The molecule has 0 radical (unpaired) electrons. The zero-order valence-corrected chi connectivity index (χ0v) is 14.7. The maximum atomic E-state index is 12.4. The van der Waals surface area contributed by atoms with E-state index in [0.717, 1.165) is 29.7 Å². The number of aryl methyl sites for hydroxylation is 1. The molecule has 1 aliphatic rings. The maximum Gasteiger partial charge on any atom is 0.227 e. The summed E-state index contributed by atoms with van der Waals surface area (Å²) in [4.78, 5) is 21.7. The molecule has 0 unspecified atom stereocenters. The number of hydrogen-bond donors (Lipinski definition) is 1. The van der Waals surface area contributed by atoms with Crippen LogP contribution in [0.5, 0.6) is 0 Å². The fraction of sp³-hybridized carbons (Fsp3) is 0.611.